The highest BCUT2D eigenvalue weighted by Gasteiger charge is 2.30. The molecule has 9 heteroatoms. The predicted molar refractivity (Wildman–Crippen MR) is 146 cm³/mol. The molecule has 3 rings (SSSR count). The van der Waals surface area contributed by atoms with Crippen molar-refractivity contribution in [3.8, 4) is 0 Å². The van der Waals surface area contributed by atoms with Crippen LogP contribution >= 0.6 is 15.9 Å². The number of carbonyl (C=O) groups excluding carboxylic acids is 2. The number of benzene rings is 3. The number of hydrogen-bond acceptors (Lipinski definition) is 4. The van der Waals surface area contributed by atoms with Crippen LogP contribution < -0.4 is 5.32 Å². The second-order valence-electron chi connectivity index (χ2n) is 8.92. The quantitative estimate of drug-likeness (QED) is 0.385. The van der Waals surface area contributed by atoms with Crippen LogP contribution in [0.15, 0.2) is 76.1 Å². The largest absolute Gasteiger partial charge is 0.352 e. The molecule has 1 N–H and O–H groups in total. The van der Waals surface area contributed by atoms with E-state index in [-0.39, 0.29) is 23.4 Å². The minimum atomic E-state index is -3.93. The van der Waals surface area contributed by atoms with E-state index in [0.717, 1.165) is 31.5 Å². The normalized spacial score (nSPS) is 13.4. The van der Waals surface area contributed by atoms with E-state index in [1.54, 1.807) is 25.1 Å². The van der Waals surface area contributed by atoms with Gasteiger partial charge in [-0.3, -0.25) is 9.59 Å². The second-order valence-corrected chi connectivity index (χ2v) is 11.9. The molecule has 0 unspecified atom stereocenters. The van der Waals surface area contributed by atoms with E-state index >= 15 is 0 Å². The van der Waals surface area contributed by atoms with E-state index in [1.807, 2.05) is 62.4 Å². The number of halogens is 1. The molecule has 0 heterocycles. The third-order valence-corrected chi connectivity index (χ3v) is 8.49. The Morgan fingerprint density at radius 2 is 1.67 bits per heavy atom. The lowest BCUT2D eigenvalue weighted by molar-refractivity contribution is -0.140. The number of fused-ring (bicyclic) bond motifs is 1. The monoisotopic (exact) mass is 573 g/mol. The van der Waals surface area contributed by atoms with Gasteiger partial charge in [0.25, 0.3) is 0 Å². The van der Waals surface area contributed by atoms with Crippen LogP contribution in [0.1, 0.15) is 32.8 Å². The van der Waals surface area contributed by atoms with Gasteiger partial charge in [0, 0.05) is 24.1 Å². The van der Waals surface area contributed by atoms with Gasteiger partial charge < -0.3 is 10.2 Å². The summed E-state index contributed by atoms with van der Waals surface area (Å²) in [6.45, 7) is 5.29. The highest BCUT2D eigenvalue weighted by atomic mass is 79.9. The van der Waals surface area contributed by atoms with E-state index in [0.29, 0.717) is 0 Å². The zero-order valence-corrected chi connectivity index (χ0v) is 23.3. The number of nitrogens with zero attached hydrogens (tertiary/aromatic N) is 2. The summed E-state index contributed by atoms with van der Waals surface area (Å²) in [4.78, 5) is 27.9. The van der Waals surface area contributed by atoms with Crippen molar-refractivity contribution >= 4 is 48.5 Å². The fourth-order valence-corrected chi connectivity index (χ4v) is 5.36. The molecule has 0 radical (unpaired) electrons. The molecule has 192 valence electrons. The van der Waals surface area contributed by atoms with E-state index < -0.39 is 28.5 Å². The summed E-state index contributed by atoms with van der Waals surface area (Å²) in [6.07, 6.45) is 0.755. The number of amides is 2. The first-order valence-corrected chi connectivity index (χ1v) is 14.1. The zero-order valence-electron chi connectivity index (χ0n) is 20.9. The molecular weight excluding hydrogens is 542 g/mol. The lowest BCUT2D eigenvalue weighted by atomic mass is 10.1. The highest BCUT2D eigenvalue weighted by molar-refractivity contribution is 9.10. The molecule has 36 heavy (non-hydrogen) atoms. The summed E-state index contributed by atoms with van der Waals surface area (Å²) >= 11 is 3.44. The Bertz CT molecular complexity index is 1350. The lowest BCUT2D eigenvalue weighted by Gasteiger charge is -2.31. The van der Waals surface area contributed by atoms with E-state index in [4.69, 9.17) is 0 Å². The number of sulfonamides is 1. The molecule has 3 aromatic carbocycles. The first kappa shape index (κ1) is 27.8. The first-order valence-electron chi connectivity index (χ1n) is 11.8. The highest BCUT2D eigenvalue weighted by Crippen LogP contribution is 2.22. The maximum absolute atomic E-state index is 13.5. The Morgan fingerprint density at radius 3 is 2.33 bits per heavy atom. The summed E-state index contributed by atoms with van der Waals surface area (Å²) < 4.78 is 28.5. The molecule has 7 nitrogen and oxygen atoms in total. The molecule has 0 fully saturated rings. The fourth-order valence-electron chi connectivity index (χ4n) is 3.75. The summed E-state index contributed by atoms with van der Waals surface area (Å²) in [5.41, 5.74) is 0.820. The van der Waals surface area contributed by atoms with Crippen LogP contribution in [0.3, 0.4) is 0 Å². The van der Waals surface area contributed by atoms with Crippen molar-refractivity contribution in [2.75, 3.05) is 13.6 Å². The maximum atomic E-state index is 13.5. The molecule has 0 aliphatic carbocycles. The van der Waals surface area contributed by atoms with Gasteiger partial charge in [0.1, 0.15) is 6.04 Å². The van der Waals surface area contributed by atoms with E-state index in [2.05, 4.69) is 21.2 Å². The van der Waals surface area contributed by atoms with Gasteiger partial charge in [-0.1, -0.05) is 65.3 Å². The molecule has 3 aromatic rings. The van der Waals surface area contributed by atoms with Crippen molar-refractivity contribution in [2.24, 2.45) is 0 Å². The molecule has 0 saturated carbocycles. The minimum Gasteiger partial charge on any atom is -0.352 e. The second kappa shape index (κ2) is 12.0. The Balaban J connectivity index is 1.85. The zero-order chi connectivity index (χ0) is 26.5. The molecule has 0 aliphatic rings. The van der Waals surface area contributed by atoms with Crippen LogP contribution in [-0.2, 0) is 26.2 Å². The molecule has 0 spiro atoms. The smallest absolute Gasteiger partial charge is 0.243 e. The number of likely N-dealkylation sites (N-methyl/N-ethyl adjacent to an activating group) is 1. The summed E-state index contributed by atoms with van der Waals surface area (Å²) in [5.74, 6) is -0.749. The molecule has 2 amide bonds. The van der Waals surface area contributed by atoms with Crippen molar-refractivity contribution in [1.82, 2.24) is 14.5 Å². The Labute approximate surface area is 221 Å². The van der Waals surface area contributed by atoms with Gasteiger partial charge in [0.15, 0.2) is 0 Å². The molecule has 0 aromatic heterocycles. The van der Waals surface area contributed by atoms with Crippen LogP contribution in [-0.4, -0.2) is 55.1 Å². The van der Waals surface area contributed by atoms with Crippen LogP contribution in [0.4, 0.5) is 0 Å². The summed E-state index contributed by atoms with van der Waals surface area (Å²) in [7, 11) is -2.55. The minimum absolute atomic E-state index is 0.0428. The van der Waals surface area contributed by atoms with Crippen LogP contribution in [0.2, 0.25) is 0 Å². The Hall–Kier alpha value is -2.75. The molecular formula is C27H32BrN3O4S. The van der Waals surface area contributed by atoms with Gasteiger partial charge in [-0.15, -0.1) is 0 Å². The van der Waals surface area contributed by atoms with Crippen molar-refractivity contribution in [3.63, 3.8) is 0 Å². The van der Waals surface area contributed by atoms with Gasteiger partial charge in [-0.2, -0.15) is 4.31 Å². The van der Waals surface area contributed by atoms with Gasteiger partial charge in [0.2, 0.25) is 21.8 Å². The number of rotatable bonds is 10. The van der Waals surface area contributed by atoms with Crippen molar-refractivity contribution in [3.05, 3.63) is 76.8 Å². The third-order valence-electron chi connectivity index (χ3n) is 6.20. The van der Waals surface area contributed by atoms with Crippen LogP contribution in [0, 0.1) is 0 Å². The predicted octanol–water partition coefficient (Wildman–Crippen LogP) is 4.55. The van der Waals surface area contributed by atoms with E-state index in [9.17, 15) is 18.0 Å². The topological polar surface area (TPSA) is 86.8 Å². The standard InChI is InChI=1S/C27H32BrN3O4S/c1-5-19(2)29-27(33)20(3)31(17-21-9-8-12-24(28)15-21)26(32)18-30(4)36(34,35)25-14-13-22-10-6-7-11-23(22)16-25/h6-16,19-20H,5,17-18H2,1-4H3,(H,29,33)/t19-,20-/m0/s1. The molecule has 2 atom stereocenters. The molecule has 0 bridgehead atoms. The van der Waals surface area contributed by atoms with Crippen molar-refractivity contribution < 1.29 is 18.0 Å². The average Bonchev–Trinajstić information content (AvgIpc) is 2.86. The Kier molecular flexibility index (Phi) is 9.27. The van der Waals surface area contributed by atoms with Crippen molar-refractivity contribution in [1.29, 1.82) is 0 Å². The fraction of sp³-hybridized carbons (Fsp3) is 0.333. The van der Waals surface area contributed by atoms with Gasteiger partial charge in [-0.25, -0.2) is 8.42 Å². The first-order chi connectivity index (χ1) is 17.0. The summed E-state index contributed by atoms with van der Waals surface area (Å²) in [6, 6.07) is 19.0. The van der Waals surface area contributed by atoms with Gasteiger partial charge >= 0.3 is 0 Å². The molecule has 0 saturated heterocycles. The SMILES string of the molecule is CC[C@H](C)NC(=O)[C@H](C)N(Cc1cccc(Br)c1)C(=O)CN(C)S(=O)(=O)c1ccc2ccccc2c1. The van der Waals surface area contributed by atoms with Gasteiger partial charge in [-0.05, 0) is 60.9 Å². The van der Waals surface area contributed by atoms with Crippen LogP contribution in [0.5, 0.6) is 0 Å². The lowest BCUT2D eigenvalue weighted by Crippen LogP contribution is -2.51. The van der Waals surface area contributed by atoms with Crippen molar-refractivity contribution in [2.45, 2.75) is 50.7 Å². The molecule has 0 aliphatic heterocycles. The maximum Gasteiger partial charge on any atom is 0.243 e. The number of nitrogens with one attached hydrogen (secondary N) is 1. The van der Waals surface area contributed by atoms with Crippen LogP contribution in [0.25, 0.3) is 10.8 Å². The number of carbonyl (C=O) groups is 2. The van der Waals surface area contributed by atoms with Gasteiger partial charge in [0.05, 0.1) is 11.4 Å². The third kappa shape index (κ3) is 6.72. The summed E-state index contributed by atoms with van der Waals surface area (Å²) in [5, 5.41) is 4.64. The number of hydrogen-bond donors (Lipinski definition) is 1. The Morgan fingerprint density at radius 1 is 0.972 bits per heavy atom. The van der Waals surface area contributed by atoms with E-state index in [1.165, 1.54) is 11.9 Å². The average molecular weight is 575 g/mol.